The van der Waals surface area contributed by atoms with Gasteiger partial charge in [0.1, 0.15) is 6.33 Å². The minimum Gasteiger partial charge on any atom is -0.262 e. The van der Waals surface area contributed by atoms with E-state index in [1.54, 1.807) is 12.4 Å². The van der Waals surface area contributed by atoms with Gasteiger partial charge in [0.25, 0.3) is 0 Å². The second-order valence-corrected chi connectivity index (χ2v) is 3.54. The molecule has 0 bridgehead atoms. The zero-order chi connectivity index (χ0) is 11.0. The van der Waals surface area contributed by atoms with Crippen LogP contribution in [0.25, 0.3) is 22.3 Å². The smallest absolute Gasteiger partial charge is 0.159 e. The Morgan fingerprint density at radius 2 is 2.12 bits per heavy atom. The molecule has 0 aliphatic heterocycles. The van der Waals surface area contributed by atoms with Gasteiger partial charge in [0.15, 0.2) is 5.65 Å². The zero-order valence-electron chi connectivity index (χ0n) is 8.68. The first-order chi connectivity index (χ1) is 7.84. The van der Waals surface area contributed by atoms with E-state index >= 15 is 0 Å². The summed E-state index contributed by atoms with van der Waals surface area (Å²) in [4.78, 5) is 12.6. The molecule has 0 aliphatic carbocycles. The lowest BCUT2D eigenvalue weighted by molar-refractivity contribution is 1.09. The Labute approximate surface area is 91.6 Å². The normalized spacial score (nSPS) is 10.8. The summed E-state index contributed by atoms with van der Waals surface area (Å²) in [7, 11) is 0. The third kappa shape index (κ3) is 1.33. The quantitative estimate of drug-likeness (QED) is 0.665. The fourth-order valence-electron chi connectivity index (χ4n) is 1.69. The van der Waals surface area contributed by atoms with Crippen molar-refractivity contribution in [3.05, 3.63) is 36.5 Å². The maximum atomic E-state index is 4.29. The molecule has 0 fully saturated rings. The van der Waals surface area contributed by atoms with Crippen molar-refractivity contribution < 1.29 is 0 Å². The summed E-state index contributed by atoms with van der Waals surface area (Å²) in [6.07, 6.45) is 5.05. The fraction of sp³-hybridized carbons (Fsp3) is 0.0909. The van der Waals surface area contributed by atoms with Gasteiger partial charge in [0.05, 0.1) is 17.3 Å². The van der Waals surface area contributed by atoms with E-state index in [9.17, 15) is 0 Å². The highest BCUT2D eigenvalue weighted by Crippen LogP contribution is 2.23. The van der Waals surface area contributed by atoms with E-state index in [4.69, 9.17) is 0 Å². The van der Waals surface area contributed by atoms with Gasteiger partial charge < -0.3 is 0 Å². The number of nitrogens with zero attached hydrogens (tertiary/aromatic N) is 4. The average Bonchev–Trinajstić information content (AvgIpc) is 2.76. The SMILES string of the molecule is Cc1cc(-c2ncnc3[nH]ncc23)ccn1. The summed E-state index contributed by atoms with van der Waals surface area (Å²) in [6, 6.07) is 3.93. The minimum absolute atomic E-state index is 0.750. The number of hydrogen-bond acceptors (Lipinski definition) is 4. The van der Waals surface area contributed by atoms with E-state index in [0.717, 1.165) is 28.0 Å². The maximum Gasteiger partial charge on any atom is 0.159 e. The molecule has 3 heterocycles. The van der Waals surface area contributed by atoms with E-state index in [0.29, 0.717) is 0 Å². The van der Waals surface area contributed by atoms with Crippen molar-refractivity contribution in [2.45, 2.75) is 6.92 Å². The lowest BCUT2D eigenvalue weighted by atomic mass is 10.1. The number of hydrogen-bond donors (Lipinski definition) is 1. The molecule has 0 aliphatic rings. The topological polar surface area (TPSA) is 67.3 Å². The van der Waals surface area contributed by atoms with Crippen molar-refractivity contribution in [3.63, 3.8) is 0 Å². The summed E-state index contributed by atoms with van der Waals surface area (Å²) in [5, 5.41) is 7.72. The molecule has 16 heavy (non-hydrogen) atoms. The zero-order valence-corrected chi connectivity index (χ0v) is 8.68. The fourth-order valence-corrected chi connectivity index (χ4v) is 1.69. The number of H-pyrrole nitrogens is 1. The molecular weight excluding hydrogens is 202 g/mol. The van der Waals surface area contributed by atoms with E-state index in [-0.39, 0.29) is 0 Å². The van der Waals surface area contributed by atoms with Crippen molar-refractivity contribution in [2.24, 2.45) is 0 Å². The Kier molecular flexibility index (Phi) is 1.89. The molecule has 0 radical (unpaired) electrons. The Balaban J connectivity index is 2.29. The lowest BCUT2D eigenvalue weighted by Crippen LogP contribution is -1.88. The van der Waals surface area contributed by atoms with Crippen molar-refractivity contribution >= 4 is 11.0 Å². The maximum absolute atomic E-state index is 4.29. The van der Waals surface area contributed by atoms with Gasteiger partial charge in [-0.25, -0.2) is 9.97 Å². The Hall–Kier alpha value is -2.30. The van der Waals surface area contributed by atoms with Crippen molar-refractivity contribution in [2.75, 3.05) is 0 Å². The molecule has 78 valence electrons. The molecule has 0 saturated carbocycles. The van der Waals surface area contributed by atoms with Gasteiger partial charge in [-0.05, 0) is 19.1 Å². The van der Waals surface area contributed by atoms with E-state index in [1.807, 2.05) is 19.1 Å². The molecule has 3 aromatic heterocycles. The van der Waals surface area contributed by atoms with Crippen molar-refractivity contribution in [3.8, 4) is 11.3 Å². The standard InChI is InChI=1S/C11H9N5/c1-7-4-8(2-3-12-7)10-9-5-15-16-11(9)14-6-13-10/h2-6H,1H3,(H,13,14,15,16). The van der Waals surface area contributed by atoms with Crippen LogP contribution in [0.2, 0.25) is 0 Å². The van der Waals surface area contributed by atoms with E-state index in [2.05, 4.69) is 25.1 Å². The van der Waals surface area contributed by atoms with Gasteiger partial charge in [-0.15, -0.1) is 0 Å². The highest BCUT2D eigenvalue weighted by molar-refractivity contribution is 5.89. The molecule has 5 heteroatoms. The first-order valence-corrected chi connectivity index (χ1v) is 4.92. The summed E-state index contributed by atoms with van der Waals surface area (Å²) in [5.41, 5.74) is 3.62. The van der Waals surface area contributed by atoms with Crippen LogP contribution in [-0.4, -0.2) is 25.1 Å². The van der Waals surface area contributed by atoms with E-state index in [1.165, 1.54) is 6.33 Å². The molecule has 0 atom stereocenters. The molecule has 0 amide bonds. The second kappa shape index (κ2) is 3.37. The van der Waals surface area contributed by atoms with Crippen LogP contribution >= 0.6 is 0 Å². The van der Waals surface area contributed by atoms with Crippen LogP contribution in [0.3, 0.4) is 0 Å². The van der Waals surface area contributed by atoms with Gasteiger partial charge >= 0.3 is 0 Å². The molecule has 0 spiro atoms. The van der Waals surface area contributed by atoms with Gasteiger partial charge in [0.2, 0.25) is 0 Å². The van der Waals surface area contributed by atoms with Crippen LogP contribution in [0, 0.1) is 6.92 Å². The average molecular weight is 211 g/mol. The Morgan fingerprint density at radius 3 is 3.00 bits per heavy atom. The van der Waals surface area contributed by atoms with Gasteiger partial charge in [0, 0.05) is 17.5 Å². The number of aryl methyl sites for hydroxylation is 1. The van der Waals surface area contributed by atoms with Gasteiger partial charge in [-0.2, -0.15) is 5.10 Å². The van der Waals surface area contributed by atoms with Crippen LogP contribution in [0.4, 0.5) is 0 Å². The van der Waals surface area contributed by atoms with Crippen molar-refractivity contribution in [1.29, 1.82) is 0 Å². The lowest BCUT2D eigenvalue weighted by Gasteiger charge is -2.01. The molecule has 0 aromatic carbocycles. The molecule has 0 unspecified atom stereocenters. The third-order valence-electron chi connectivity index (χ3n) is 2.42. The number of pyridine rings is 1. The van der Waals surface area contributed by atoms with Crippen LogP contribution < -0.4 is 0 Å². The summed E-state index contributed by atoms with van der Waals surface area (Å²) < 4.78 is 0. The predicted octanol–water partition coefficient (Wildman–Crippen LogP) is 1.72. The minimum atomic E-state index is 0.750. The van der Waals surface area contributed by atoms with Crippen molar-refractivity contribution in [1.82, 2.24) is 25.1 Å². The number of fused-ring (bicyclic) bond motifs is 1. The number of aromatic amines is 1. The molecule has 3 aromatic rings. The molecular formula is C11H9N5. The van der Waals surface area contributed by atoms with Crippen LogP contribution in [0.15, 0.2) is 30.9 Å². The number of rotatable bonds is 1. The third-order valence-corrected chi connectivity index (χ3v) is 2.42. The molecule has 3 rings (SSSR count). The number of aromatic nitrogens is 5. The highest BCUT2D eigenvalue weighted by atomic mass is 15.1. The predicted molar refractivity (Wildman–Crippen MR) is 59.7 cm³/mol. The van der Waals surface area contributed by atoms with Gasteiger partial charge in [-0.1, -0.05) is 0 Å². The Bertz CT molecular complexity index is 643. The monoisotopic (exact) mass is 211 g/mol. The van der Waals surface area contributed by atoms with E-state index < -0.39 is 0 Å². The van der Waals surface area contributed by atoms with Crippen LogP contribution in [-0.2, 0) is 0 Å². The summed E-state index contributed by atoms with van der Waals surface area (Å²) >= 11 is 0. The highest BCUT2D eigenvalue weighted by Gasteiger charge is 2.07. The van der Waals surface area contributed by atoms with Gasteiger partial charge in [-0.3, -0.25) is 10.1 Å². The largest absolute Gasteiger partial charge is 0.262 e. The van der Waals surface area contributed by atoms with Crippen LogP contribution in [0.5, 0.6) is 0 Å². The first-order valence-electron chi connectivity index (χ1n) is 4.92. The number of nitrogens with one attached hydrogen (secondary N) is 1. The molecule has 0 saturated heterocycles. The Morgan fingerprint density at radius 1 is 1.19 bits per heavy atom. The van der Waals surface area contributed by atoms with Crippen LogP contribution in [0.1, 0.15) is 5.69 Å². The molecule has 5 nitrogen and oxygen atoms in total. The second-order valence-electron chi connectivity index (χ2n) is 3.54. The summed E-state index contributed by atoms with van der Waals surface area (Å²) in [6.45, 7) is 1.96. The first kappa shape index (κ1) is 8.96. The summed E-state index contributed by atoms with van der Waals surface area (Å²) in [5.74, 6) is 0. The molecule has 1 N–H and O–H groups in total.